The Morgan fingerprint density at radius 1 is 1.18 bits per heavy atom. The number of anilines is 1. The summed E-state index contributed by atoms with van der Waals surface area (Å²) in [4.78, 5) is 41.1. The second-order valence-electron chi connectivity index (χ2n) is 8.68. The molecule has 3 heterocycles. The lowest BCUT2D eigenvalue weighted by atomic mass is 9.80. The van der Waals surface area contributed by atoms with Gasteiger partial charge in [0.05, 0.1) is 22.8 Å². The molecule has 5 rings (SSSR count). The molecule has 1 aliphatic carbocycles. The van der Waals surface area contributed by atoms with Crippen molar-refractivity contribution in [1.82, 2.24) is 20.0 Å². The zero-order valence-electron chi connectivity index (χ0n) is 18.8. The summed E-state index contributed by atoms with van der Waals surface area (Å²) >= 11 is 1.60. The fraction of sp³-hybridized carbons (Fsp3) is 0.333. The number of urea groups is 1. The van der Waals surface area contributed by atoms with Crippen molar-refractivity contribution in [3.05, 3.63) is 63.1 Å². The molecule has 0 radical (unpaired) electrons. The lowest BCUT2D eigenvalue weighted by molar-refractivity contribution is -0.134. The van der Waals surface area contributed by atoms with E-state index in [1.165, 1.54) is 0 Å². The van der Waals surface area contributed by atoms with Gasteiger partial charge in [0.2, 0.25) is 5.91 Å². The van der Waals surface area contributed by atoms with Crippen LogP contribution in [0.25, 0.3) is 5.69 Å². The van der Waals surface area contributed by atoms with Crippen molar-refractivity contribution >= 4 is 34.9 Å². The molecule has 0 unspecified atom stereocenters. The molecule has 0 bridgehead atoms. The highest BCUT2D eigenvalue weighted by molar-refractivity contribution is 7.10. The van der Waals surface area contributed by atoms with Gasteiger partial charge in [-0.15, -0.1) is 11.3 Å². The number of benzene rings is 1. The van der Waals surface area contributed by atoms with Crippen molar-refractivity contribution in [2.45, 2.75) is 45.6 Å². The fourth-order valence-corrected chi connectivity index (χ4v) is 5.77. The number of imide groups is 1. The van der Waals surface area contributed by atoms with Gasteiger partial charge in [0.15, 0.2) is 0 Å². The molecule has 1 aromatic carbocycles. The number of aryl methyl sites for hydroxylation is 3. The Kier molecular flexibility index (Phi) is 5.08. The minimum atomic E-state index is -1.05. The first-order valence-corrected chi connectivity index (χ1v) is 11.8. The van der Waals surface area contributed by atoms with Crippen molar-refractivity contribution in [2.75, 3.05) is 11.9 Å². The minimum absolute atomic E-state index is 0.347. The number of nitrogens with zero attached hydrogens (tertiary/aromatic N) is 3. The summed E-state index contributed by atoms with van der Waals surface area (Å²) < 4.78 is 1.77. The number of carbonyl (C=O) groups is 3. The van der Waals surface area contributed by atoms with E-state index in [2.05, 4.69) is 15.7 Å². The number of amides is 4. The van der Waals surface area contributed by atoms with Crippen LogP contribution in [0.3, 0.4) is 0 Å². The molecule has 2 N–H and O–H groups in total. The molecule has 1 atom stereocenters. The average molecular weight is 464 g/mol. The Labute approximate surface area is 195 Å². The fourth-order valence-electron chi connectivity index (χ4n) is 4.77. The van der Waals surface area contributed by atoms with E-state index >= 15 is 0 Å². The van der Waals surface area contributed by atoms with Crippen LogP contribution in [0.1, 0.15) is 40.2 Å². The van der Waals surface area contributed by atoms with E-state index in [1.54, 1.807) is 16.0 Å². The van der Waals surface area contributed by atoms with E-state index in [4.69, 9.17) is 0 Å². The van der Waals surface area contributed by atoms with Crippen LogP contribution in [0.15, 0.2) is 35.7 Å². The summed E-state index contributed by atoms with van der Waals surface area (Å²) in [7, 11) is 0. The third kappa shape index (κ3) is 3.43. The maximum atomic E-state index is 13.3. The van der Waals surface area contributed by atoms with Gasteiger partial charge in [-0.3, -0.25) is 14.5 Å². The topological polar surface area (TPSA) is 96.3 Å². The van der Waals surface area contributed by atoms with E-state index in [9.17, 15) is 14.4 Å². The molecule has 8 nitrogen and oxygen atoms in total. The van der Waals surface area contributed by atoms with Gasteiger partial charge in [0, 0.05) is 10.4 Å². The lowest BCUT2D eigenvalue weighted by Gasteiger charge is -2.31. The monoisotopic (exact) mass is 463 g/mol. The summed E-state index contributed by atoms with van der Waals surface area (Å²) in [6, 6.07) is 9.32. The average Bonchev–Trinajstić information content (AvgIpc) is 3.44. The highest BCUT2D eigenvalue weighted by Gasteiger charge is 2.54. The number of hydrogen-bond donors (Lipinski definition) is 2. The highest BCUT2D eigenvalue weighted by atomic mass is 32.1. The number of nitrogens with one attached hydrogen (secondary N) is 2. The molecule has 33 heavy (non-hydrogen) atoms. The van der Waals surface area contributed by atoms with E-state index < -0.39 is 17.5 Å². The predicted octanol–water partition coefficient (Wildman–Crippen LogP) is 3.58. The van der Waals surface area contributed by atoms with Gasteiger partial charge >= 0.3 is 6.03 Å². The molecule has 2 aliphatic rings. The number of fused-ring (bicyclic) bond motifs is 2. The van der Waals surface area contributed by atoms with Crippen LogP contribution in [-0.2, 0) is 21.5 Å². The van der Waals surface area contributed by atoms with Crippen molar-refractivity contribution < 1.29 is 14.4 Å². The van der Waals surface area contributed by atoms with Crippen LogP contribution in [0.5, 0.6) is 0 Å². The van der Waals surface area contributed by atoms with Gasteiger partial charge in [0.1, 0.15) is 12.1 Å². The van der Waals surface area contributed by atoms with Gasteiger partial charge in [-0.1, -0.05) is 17.7 Å². The van der Waals surface area contributed by atoms with Crippen LogP contribution in [0.4, 0.5) is 10.5 Å². The number of carbonyl (C=O) groups excluding carboxylic acids is 3. The number of aromatic nitrogens is 2. The first-order valence-electron chi connectivity index (χ1n) is 10.9. The second-order valence-corrected chi connectivity index (χ2v) is 9.68. The second kappa shape index (κ2) is 7.84. The maximum Gasteiger partial charge on any atom is 0.325 e. The molecule has 0 saturated carbocycles. The van der Waals surface area contributed by atoms with E-state index in [-0.39, 0.29) is 12.5 Å². The molecule has 1 aliphatic heterocycles. The molecule has 170 valence electrons. The molecule has 1 fully saturated rings. The van der Waals surface area contributed by atoms with Gasteiger partial charge in [0.25, 0.3) is 5.91 Å². The van der Waals surface area contributed by atoms with Crippen LogP contribution in [0, 0.1) is 20.8 Å². The van der Waals surface area contributed by atoms with Crippen molar-refractivity contribution in [2.24, 2.45) is 0 Å². The quantitative estimate of drug-likeness (QED) is 0.578. The van der Waals surface area contributed by atoms with E-state index in [0.29, 0.717) is 17.8 Å². The molecule has 4 amide bonds. The van der Waals surface area contributed by atoms with Gasteiger partial charge < -0.3 is 10.6 Å². The zero-order chi connectivity index (χ0) is 23.3. The lowest BCUT2D eigenvalue weighted by Crippen LogP contribution is -2.46. The predicted molar refractivity (Wildman–Crippen MR) is 126 cm³/mol. The van der Waals surface area contributed by atoms with Crippen LogP contribution in [0.2, 0.25) is 0 Å². The number of rotatable bonds is 4. The first-order chi connectivity index (χ1) is 15.8. The standard InChI is InChI=1S/C24H25N5O3S/c1-14-6-8-17(9-7-14)29-16(3)21(15(2)27-29)25-20(30)13-28-22(31)24(26-23(28)32)11-4-5-19-18(24)10-12-33-19/h6-10,12H,4-5,11,13H2,1-3H3,(H,25,30)(H,26,32)/t24-/m0/s1. The van der Waals surface area contributed by atoms with Crippen LogP contribution < -0.4 is 10.6 Å². The third-order valence-electron chi connectivity index (χ3n) is 6.47. The van der Waals surface area contributed by atoms with E-state index in [1.807, 2.05) is 56.5 Å². The molecule has 1 spiro atoms. The number of thiophene rings is 1. The summed E-state index contributed by atoms with van der Waals surface area (Å²) in [6.45, 7) is 5.36. The van der Waals surface area contributed by atoms with Crippen LogP contribution >= 0.6 is 11.3 Å². The Bertz CT molecular complexity index is 1280. The van der Waals surface area contributed by atoms with Crippen molar-refractivity contribution in [3.63, 3.8) is 0 Å². The maximum absolute atomic E-state index is 13.3. The smallest absolute Gasteiger partial charge is 0.321 e. The summed E-state index contributed by atoms with van der Waals surface area (Å²) in [5.74, 6) is -0.794. The third-order valence-corrected chi connectivity index (χ3v) is 7.45. The molecule has 2 aromatic heterocycles. The zero-order valence-corrected chi connectivity index (χ0v) is 19.6. The SMILES string of the molecule is Cc1ccc(-n2nc(C)c(NC(=O)CN3C(=O)N[C@]4(CCCc5sccc54)C3=O)c2C)cc1. The van der Waals surface area contributed by atoms with Gasteiger partial charge in [-0.05, 0) is 63.6 Å². The molecular weight excluding hydrogens is 438 g/mol. The Balaban J connectivity index is 1.35. The van der Waals surface area contributed by atoms with E-state index in [0.717, 1.165) is 45.1 Å². The summed E-state index contributed by atoms with van der Waals surface area (Å²) in [5.41, 5.74) is 3.87. The largest absolute Gasteiger partial charge is 0.325 e. The normalized spacial score (nSPS) is 19.7. The summed E-state index contributed by atoms with van der Waals surface area (Å²) in [5, 5.41) is 12.2. The Morgan fingerprint density at radius 3 is 2.70 bits per heavy atom. The minimum Gasteiger partial charge on any atom is -0.321 e. The van der Waals surface area contributed by atoms with Gasteiger partial charge in [-0.2, -0.15) is 5.10 Å². The first kappa shape index (κ1) is 21.4. The molecular formula is C24H25N5O3S. The van der Waals surface area contributed by atoms with Gasteiger partial charge in [-0.25, -0.2) is 9.48 Å². The molecule has 1 saturated heterocycles. The number of hydrogen-bond acceptors (Lipinski definition) is 5. The Hall–Kier alpha value is -3.46. The van der Waals surface area contributed by atoms with Crippen molar-refractivity contribution in [3.8, 4) is 5.69 Å². The van der Waals surface area contributed by atoms with Crippen LogP contribution in [-0.4, -0.2) is 39.1 Å². The molecule has 3 aromatic rings. The Morgan fingerprint density at radius 2 is 1.94 bits per heavy atom. The highest BCUT2D eigenvalue weighted by Crippen LogP contribution is 2.42. The summed E-state index contributed by atoms with van der Waals surface area (Å²) in [6.07, 6.45) is 2.26. The molecule has 9 heteroatoms. The van der Waals surface area contributed by atoms with Crippen molar-refractivity contribution in [1.29, 1.82) is 0 Å².